The van der Waals surface area contributed by atoms with Crippen molar-refractivity contribution in [3.8, 4) is 28.0 Å². The molecule has 0 aliphatic heterocycles. The van der Waals surface area contributed by atoms with Gasteiger partial charge in [0.1, 0.15) is 29.3 Å². The molecular formula is C32H28F2N6O2. The summed E-state index contributed by atoms with van der Waals surface area (Å²) in [5.74, 6) is -0.623. The minimum Gasteiger partial charge on any atom is -0.488 e. The molecule has 0 bridgehead atoms. The smallest absolute Gasteiger partial charge is 0.266 e. The summed E-state index contributed by atoms with van der Waals surface area (Å²) in [6.07, 6.45) is 2.96. The molecule has 4 aromatic heterocycles. The van der Waals surface area contributed by atoms with Gasteiger partial charge in [-0.05, 0) is 75.2 Å². The lowest BCUT2D eigenvalue weighted by Crippen LogP contribution is -2.24. The predicted molar refractivity (Wildman–Crippen MR) is 159 cm³/mol. The Bertz CT molecular complexity index is 2050. The number of ether oxygens (including phenoxy) is 1. The molecule has 6 aromatic rings. The average Bonchev–Trinajstić information content (AvgIpc) is 3.34. The average molecular weight is 567 g/mol. The molecule has 2 aromatic carbocycles. The van der Waals surface area contributed by atoms with Gasteiger partial charge in [0.2, 0.25) is 0 Å². The maximum Gasteiger partial charge on any atom is 0.266 e. The molecule has 0 radical (unpaired) electrons. The third-order valence-electron chi connectivity index (χ3n) is 7.24. The zero-order chi connectivity index (χ0) is 29.7. The highest BCUT2D eigenvalue weighted by Gasteiger charge is 2.25. The summed E-state index contributed by atoms with van der Waals surface area (Å²) in [7, 11) is 0. The van der Waals surface area contributed by atoms with Crippen LogP contribution in [0.2, 0.25) is 0 Å². The molecule has 4 heterocycles. The molecule has 0 fully saturated rings. The topological polar surface area (TPSA) is 100 Å². The Morgan fingerprint density at radius 2 is 1.74 bits per heavy atom. The van der Waals surface area contributed by atoms with Crippen LogP contribution in [0.1, 0.15) is 38.2 Å². The zero-order valence-electron chi connectivity index (χ0n) is 23.5. The molecule has 10 heteroatoms. The van der Waals surface area contributed by atoms with E-state index in [1.54, 1.807) is 36.5 Å². The summed E-state index contributed by atoms with van der Waals surface area (Å²) in [5, 5.41) is 0.530. The van der Waals surface area contributed by atoms with Gasteiger partial charge in [-0.3, -0.25) is 9.20 Å². The monoisotopic (exact) mass is 566 g/mol. The largest absolute Gasteiger partial charge is 0.488 e. The van der Waals surface area contributed by atoms with Crippen molar-refractivity contribution in [3.05, 3.63) is 107 Å². The molecule has 0 unspecified atom stereocenters. The van der Waals surface area contributed by atoms with E-state index in [4.69, 9.17) is 15.5 Å². The molecule has 8 nitrogen and oxygen atoms in total. The summed E-state index contributed by atoms with van der Waals surface area (Å²) in [5.41, 5.74) is 9.89. The van der Waals surface area contributed by atoms with Gasteiger partial charge in [0.25, 0.3) is 5.56 Å². The lowest BCUT2D eigenvalue weighted by molar-refractivity contribution is 0.231. The number of aryl methyl sites for hydroxylation is 1. The third-order valence-corrected chi connectivity index (χ3v) is 7.24. The number of nitrogen functional groups attached to an aromatic ring is 1. The van der Waals surface area contributed by atoms with Gasteiger partial charge >= 0.3 is 0 Å². The number of hydrogen-bond donors (Lipinski definition) is 1. The molecule has 0 aliphatic carbocycles. The van der Waals surface area contributed by atoms with Crippen molar-refractivity contribution in [2.75, 3.05) is 5.73 Å². The Kier molecular flexibility index (Phi) is 6.68. The number of pyridine rings is 1. The molecule has 0 spiro atoms. The van der Waals surface area contributed by atoms with Gasteiger partial charge < -0.3 is 15.0 Å². The Morgan fingerprint density at radius 3 is 2.48 bits per heavy atom. The number of hydrogen-bond acceptors (Lipinski definition) is 6. The van der Waals surface area contributed by atoms with Crippen molar-refractivity contribution in [2.45, 2.75) is 39.8 Å². The molecular weight excluding hydrogens is 538 g/mol. The first-order valence-electron chi connectivity index (χ1n) is 13.5. The first kappa shape index (κ1) is 27.1. The van der Waals surface area contributed by atoms with Crippen LogP contribution in [0.3, 0.4) is 0 Å². The predicted octanol–water partition coefficient (Wildman–Crippen LogP) is 6.34. The van der Waals surface area contributed by atoms with Gasteiger partial charge in [0.15, 0.2) is 11.6 Å². The van der Waals surface area contributed by atoms with Crippen molar-refractivity contribution < 1.29 is 13.5 Å². The second-order valence-electron chi connectivity index (χ2n) is 10.4. The maximum absolute atomic E-state index is 15.1. The number of halogens is 2. The third kappa shape index (κ3) is 4.54. The Morgan fingerprint density at radius 1 is 0.952 bits per heavy atom. The van der Waals surface area contributed by atoms with Gasteiger partial charge in [-0.15, -0.1) is 0 Å². The first-order valence-corrected chi connectivity index (χ1v) is 13.5. The Labute approximate surface area is 240 Å². The van der Waals surface area contributed by atoms with Crippen LogP contribution in [0.5, 0.6) is 5.75 Å². The van der Waals surface area contributed by atoms with E-state index in [2.05, 4.69) is 9.97 Å². The van der Waals surface area contributed by atoms with Gasteiger partial charge in [-0.25, -0.2) is 23.7 Å². The van der Waals surface area contributed by atoms with Crippen LogP contribution in [0.15, 0.2) is 78.0 Å². The molecule has 1 atom stereocenters. The second-order valence-corrected chi connectivity index (χ2v) is 10.4. The number of benzene rings is 2. The molecule has 6 rings (SSSR count). The summed E-state index contributed by atoms with van der Waals surface area (Å²) in [6.45, 7) is 7.34. The lowest BCUT2D eigenvalue weighted by atomic mass is 10.0. The van der Waals surface area contributed by atoms with E-state index in [0.29, 0.717) is 44.8 Å². The Hall–Kier alpha value is -5.12. The summed E-state index contributed by atoms with van der Waals surface area (Å²) < 4.78 is 38.4. The normalized spacial score (nSPS) is 12.4. The van der Waals surface area contributed by atoms with Crippen LogP contribution in [-0.2, 0) is 0 Å². The van der Waals surface area contributed by atoms with Gasteiger partial charge in [-0.1, -0.05) is 24.3 Å². The number of nitrogens with zero attached hydrogens (tertiary/aromatic N) is 5. The fourth-order valence-corrected chi connectivity index (χ4v) is 5.35. The van der Waals surface area contributed by atoms with Crippen molar-refractivity contribution in [2.24, 2.45) is 0 Å². The van der Waals surface area contributed by atoms with Crippen molar-refractivity contribution in [1.82, 2.24) is 23.9 Å². The quantitative estimate of drug-likeness (QED) is 0.253. The van der Waals surface area contributed by atoms with Crippen LogP contribution in [0.25, 0.3) is 38.9 Å². The molecule has 0 aliphatic rings. The van der Waals surface area contributed by atoms with Gasteiger partial charge in [-0.2, -0.15) is 0 Å². The number of nitrogens with two attached hydrogens (primary N) is 1. The SMILES string of the molecule is Cc1cccc2nc([C@@H](C)n3cc(-c4ccc(OC(C)C)c(F)c4)c4c(N)ncnc43)c(-c3cccc(F)c3)c(=O)n12. The number of fused-ring (bicyclic) bond motifs is 2. The molecule has 0 saturated heterocycles. The van der Waals surface area contributed by atoms with Crippen LogP contribution < -0.4 is 16.0 Å². The summed E-state index contributed by atoms with van der Waals surface area (Å²) in [6, 6.07) is 15.4. The number of rotatable bonds is 6. The van der Waals surface area contributed by atoms with E-state index in [1.807, 2.05) is 44.4 Å². The lowest BCUT2D eigenvalue weighted by Gasteiger charge is -2.19. The molecule has 42 heavy (non-hydrogen) atoms. The van der Waals surface area contributed by atoms with E-state index in [0.717, 1.165) is 0 Å². The fraction of sp³-hybridized carbons (Fsp3) is 0.188. The molecule has 2 N–H and O–H groups in total. The van der Waals surface area contributed by atoms with E-state index < -0.39 is 17.7 Å². The van der Waals surface area contributed by atoms with Crippen LogP contribution in [-0.4, -0.2) is 30.0 Å². The molecule has 212 valence electrons. The van der Waals surface area contributed by atoms with Crippen molar-refractivity contribution >= 4 is 22.5 Å². The number of anilines is 1. The highest BCUT2D eigenvalue weighted by molar-refractivity contribution is 6.00. The highest BCUT2D eigenvalue weighted by Crippen LogP contribution is 2.38. The van der Waals surface area contributed by atoms with E-state index in [-0.39, 0.29) is 28.8 Å². The highest BCUT2D eigenvalue weighted by atomic mass is 19.1. The maximum atomic E-state index is 15.1. The van der Waals surface area contributed by atoms with E-state index >= 15 is 4.39 Å². The van der Waals surface area contributed by atoms with E-state index in [1.165, 1.54) is 28.9 Å². The van der Waals surface area contributed by atoms with Crippen LogP contribution in [0, 0.1) is 18.6 Å². The van der Waals surface area contributed by atoms with Crippen molar-refractivity contribution in [1.29, 1.82) is 0 Å². The Balaban J connectivity index is 1.60. The minimum atomic E-state index is -0.569. The second kappa shape index (κ2) is 10.4. The van der Waals surface area contributed by atoms with Crippen molar-refractivity contribution in [3.63, 3.8) is 0 Å². The summed E-state index contributed by atoms with van der Waals surface area (Å²) >= 11 is 0. The summed E-state index contributed by atoms with van der Waals surface area (Å²) in [4.78, 5) is 27.6. The van der Waals surface area contributed by atoms with Crippen LogP contribution >= 0.6 is 0 Å². The minimum absolute atomic E-state index is 0.144. The van der Waals surface area contributed by atoms with E-state index in [9.17, 15) is 9.18 Å². The molecule has 0 saturated carbocycles. The van der Waals surface area contributed by atoms with Gasteiger partial charge in [0, 0.05) is 17.5 Å². The number of aromatic nitrogens is 5. The standard InChI is InChI=1S/C32H28F2N6O2/c1-17(2)42-25-12-11-20(14-24(25)34)23-15-39(31-28(23)30(35)36-16-37-31)19(4)29-27(21-8-6-9-22(33)13-21)32(41)40-18(3)7-5-10-26(40)38-29/h5-17,19H,1-4H3,(H2,35,36,37)/t19-/m1/s1. The molecule has 0 amide bonds. The van der Waals surface area contributed by atoms with Gasteiger partial charge in [0.05, 0.1) is 28.8 Å². The van der Waals surface area contributed by atoms with Crippen LogP contribution in [0.4, 0.5) is 14.6 Å². The first-order chi connectivity index (χ1) is 20.1. The fourth-order valence-electron chi connectivity index (χ4n) is 5.35. The zero-order valence-corrected chi connectivity index (χ0v) is 23.5.